The third kappa shape index (κ3) is 5.17. The molecule has 2 atom stereocenters. The molecule has 2 aromatic heterocycles. The van der Waals surface area contributed by atoms with Crippen LogP contribution in [0.1, 0.15) is 14.4 Å². The number of aromatic nitrogens is 2. The van der Waals surface area contributed by atoms with Gasteiger partial charge in [0.25, 0.3) is 10.0 Å². The molecular formula is C25H28ClN5O4S2. The Balaban J connectivity index is 0.00000336. The Labute approximate surface area is 225 Å². The van der Waals surface area contributed by atoms with E-state index in [9.17, 15) is 18.3 Å². The zero-order valence-electron chi connectivity index (χ0n) is 20.0. The number of carbonyl (C=O) groups is 1. The minimum Gasteiger partial charge on any atom is -0.394 e. The highest BCUT2D eigenvalue weighted by molar-refractivity contribution is 7.93. The van der Waals surface area contributed by atoms with Crippen molar-refractivity contribution in [1.82, 2.24) is 14.5 Å². The molecule has 3 heterocycles. The first-order valence-electron chi connectivity index (χ1n) is 11.7. The monoisotopic (exact) mass is 561 g/mol. The second-order valence-electron chi connectivity index (χ2n) is 8.85. The number of hydrogen-bond acceptors (Lipinski definition) is 7. The van der Waals surface area contributed by atoms with Crippen LogP contribution < -0.4 is 9.62 Å². The van der Waals surface area contributed by atoms with E-state index in [2.05, 4.69) is 9.71 Å². The van der Waals surface area contributed by atoms with Crippen molar-refractivity contribution in [3.63, 3.8) is 0 Å². The van der Waals surface area contributed by atoms with Gasteiger partial charge in [0.1, 0.15) is 6.04 Å². The summed E-state index contributed by atoms with van der Waals surface area (Å²) in [7, 11) is -3.74. The van der Waals surface area contributed by atoms with E-state index in [4.69, 9.17) is 11.6 Å². The maximum Gasteiger partial charge on any atom is 0.263 e. The number of sulfonamides is 1. The largest absolute Gasteiger partial charge is 0.394 e. The molecule has 0 unspecified atom stereocenters. The first-order chi connectivity index (χ1) is 17.8. The molecule has 1 aliphatic heterocycles. The van der Waals surface area contributed by atoms with Gasteiger partial charge in [-0.25, -0.2) is 13.4 Å². The number of halogens is 1. The Morgan fingerprint density at radius 2 is 2.03 bits per heavy atom. The fourth-order valence-corrected chi connectivity index (χ4v) is 6.59. The molecule has 5 rings (SSSR count). The van der Waals surface area contributed by atoms with E-state index >= 15 is 0 Å². The zero-order chi connectivity index (χ0) is 26.2. The maximum atomic E-state index is 13.5. The standard InChI is InChI=1S/C25H26ClN5O4S2.H2/c1-17(30-10-8-18-2-3-19(26)14-23(18)30)24(33)31-12-11-29(15-21(31)16-32)20-4-6-22(7-5-20)37(34,35)28-25-27-9-13-36-25;/h2-10,13-14,17,21,32H,11-12,15-16H2,1H3,(H,27,28);1H/t17-,21+;/m0./s1. The molecule has 0 saturated carbocycles. The lowest BCUT2D eigenvalue weighted by molar-refractivity contribution is -0.138. The van der Waals surface area contributed by atoms with Crippen molar-refractivity contribution in [2.75, 3.05) is 35.9 Å². The van der Waals surface area contributed by atoms with Gasteiger partial charge in [-0.3, -0.25) is 9.52 Å². The van der Waals surface area contributed by atoms with E-state index in [1.165, 1.54) is 17.5 Å². The molecule has 1 saturated heterocycles. The van der Waals surface area contributed by atoms with Gasteiger partial charge in [0.2, 0.25) is 5.91 Å². The van der Waals surface area contributed by atoms with Crippen LogP contribution in [0.4, 0.5) is 10.8 Å². The van der Waals surface area contributed by atoms with Gasteiger partial charge in [0, 0.05) is 49.5 Å². The number of thiazole rings is 1. The van der Waals surface area contributed by atoms with Crippen molar-refractivity contribution in [3.8, 4) is 0 Å². The van der Waals surface area contributed by atoms with Gasteiger partial charge >= 0.3 is 0 Å². The maximum absolute atomic E-state index is 13.5. The highest BCUT2D eigenvalue weighted by Crippen LogP contribution is 2.27. The van der Waals surface area contributed by atoms with Crippen LogP contribution >= 0.6 is 22.9 Å². The number of aliphatic hydroxyl groups is 1. The van der Waals surface area contributed by atoms with Crippen molar-refractivity contribution in [3.05, 3.63) is 71.3 Å². The summed E-state index contributed by atoms with van der Waals surface area (Å²) in [5.41, 5.74) is 1.70. The summed E-state index contributed by atoms with van der Waals surface area (Å²) in [6, 6.07) is 13.2. The molecule has 37 heavy (non-hydrogen) atoms. The first kappa shape index (κ1) is 25.5. The molecule has 2 aromatic carbocycles. The van der Waals surface area contributed by atoms with Gasteiger partial charge in [-0.1, -0.05) is 17.7 Å². The van der Waals surface area contributed by atoms with E-state index in [-0.39, 0.29) is 18.8 Å². The molecule has 0 spiro atoms. The minimum absolute atomic E-state index is 0. The van der Waals surface area contributed by atoms with E-state index in [1.807, 2.05) is 46.9 Å². The fourth-order valence-electron chi connectivity index (χ4n) is 4.64. The molecule has 12 heteroatoms. The Morgan fingerprint density at radius 1 is 1.24 bits per heavy atom. The summed E-state index contributed by atoms with van der Waals surface area (Å²) >= 11 is 7.38. The van der Waals surface area contributed by atoms with Crippen molar-refractivity contribution < 1.29 is 19.7 Å². The van der Waals surface area contributed by atoms with Crippen molar-refractivity contribution in [2.24, 2.45) is 0 Å². The van der Waals surface area contributed by atoms with Crippen LogP contribution in [0.5, 0.6) is 0 Å². The number of benzene rings is 2. The average molecular weight is 562 g/mol. The number of amides is 1. The lowest BCUT2D eigenvalue weighted by Gasteiger charge is -2.42. The van der Waals surface area contributed by atoms with Crippen LogP contribution in [0.3, 0.4) is 0 Å². The molecule has 0 radical (unpaired) electrons. The van der Waals surface area contributed by atoms with E-state index in [0.29, 0.717) is 29.8 Å². The number of nitrogens with one attached hydrogen (secondary N) is 1. The third-order valence-electron chi connectivity index (χ3n) is 6.60. The average Bonchev–Trinajstić information content (AvgIpc) is 3.57. The number of hydrogen-bond donors (Lipinski definition) is 2. The van der Waals surface area contributed by atoms with Gasteiger partial charge in [-0.2, -0.15) is 0 Å². The molecule has 0 aliphatic carbocycles. The summed E-state index contributed by atoms with van der Waals surface area (Å²) in [5, 5.41) is 13.7. The third-order valence-corrected chi connectivity index (χ3v) is 9.01. The van der Waals surface area contributed by atoms with E-state index in [0.717, 1.165) is 16.6 Å². The Kier molecular flexibility index (Phi) is 7.13. The summed E-state index contributed by atoms with van der Waals surface area (Å²) in [6.07, 6.45) is 3.41. The van der Waals surface area contributed by atoms with Crippen LogP contribution in [0.15, 0.2) is 71.2 Å². The second kappa shape index (κ2) is 10.3. The number of anilines is 2. The van der Waals surface area contributed by atoms with Crippen molar-refractivity contribution in [1.29, 1.82) is 0 Å². The predicted molar refractivity (Wildman–Crippen MR) is 148 cm³/mol. The Hall–Kier alpha value is -3.12. The number of aliphatic hydroxyl groups excluding tert-OH is 1. The smallest absolute Gasteiger partial charge is 0.263 e. The SMILES string of the molecule is C[C@@H](C(=O)N1CCN(c2ccc(S(=O)(=O)Nc3nccs3)cc2)C[C@@H]1CO)n1ccc2ccc(Cl)cc21.[HH]. The minimum atomic E-state index is -3.74. The summed E-state index contributed by atoms with van der Waals surface area (Å²) < 4.78 is 29.6. The van der Waals surface area contributed by atoms with Crippen LogP contribution in [-0.4, -0.2) is 66.2 Å². The van der Waals surface area contributed by atoms with Gasteiger partial charge in [-0.05, 0) is 54.8 Å². The number of carbonyl (C=O) groups excluding carboxylic acids is 1. The summed E-state index contributed by atoms with van der Waals surface area (Å²) in [5.74, 6) is -0.0779. The summed E-state index contributed by atoms with van der Waals surface area (Å²) in [4.78, 5) is 21.4. The highest BCUT2D eigenvalue weighted by atomic mass is 35.5. The highest BCUT2D eigenvalue weighted by Gasteiger charge is 2.33. The quantitative estimate of drug-likeness (QED) is 0.352. The lowest BCUT2D eigenvalue weighted by Crippen LogP contribution is -2.57. The molecule has 1 amide bonds. The fraction of sp³-hybridized carbons (Fsp3) is 0.280. The van der Waals surface area contributed by atoms with Crippen LogP contribution in [0.2, 0.25) is 5.02 Å². The Bertz CT molecular complexity index is 1510. The lowest BCUT2D eigenvalue weighted by atomic mass is 10.1. The van der Waals surface area contributed by atoms with Crippen LogP contribution in [-0.2, 0) is 14.8 Å². The summed E-state index contributed by atoms with van der Waals surface area (Å²) in [6.45, 7) is 3.08. The molecule has 0 bridgehead atoms. The molecule has 9 nitrogen and oxygen atoms in total. The van der Waals surface area contributed by atoms with Gasteiger partial charge in [0.15, 0.2) is 5.13 Å². The number of nitrogens with zero attached hydrogens (tertiary/aromatic N) is 4. The van der Waals surface area contributed by atoms with Gasteiger partial charge < -0.3 is 19.5 Å². The van der Waals surface area contributed by atoms with Crippen molar-refractivity contribution in [2.45, 2.75) is 23.9 Å². The Morgan fingerprint density at radius 3 is 2.73 bits per heavy atom. The van der Waals surface area contributed by atoms with E-state index < -0.39 is 22.1 Å². The molecule has 1 aliphatic rings. The van der Waals surface area contributed by atoms with Gasteiger partial charge in [-0.15, -0.1) is 11.3 Å². The first-order valence-corrected chi connectivity index (χ1v) is 14.5. The zero-order valence-corrected chi connectivity index (χ0v) is 22.4. The molecule has 1 fully saturated rings. The van der Waals surface area contributed by atoms with Crippen LogP contribution in [0, 0.1) is 0 Å². The van der Waals surface area contributed by atoms with Gasteiger partial charge in [0.05, 0.1) is 23.1 Å². The normalized spacial score (nSPS) is 17.2. The molecule has 4 aromatic rings. The molecular weight excluding hydrogens is 534 g/mol. The predicted octanol–water partition coefficient (Wildman–Crippen LogP) is 4.07. The van der Waals surface area contributed by atoms with Crippen LogP contribution in [0.25, 0.3) is 10.9 Å². The van der Waals surface area contributed by atoms with E-state index in [1.54, 1.807) is 34.5 Å². The topological polar surface area (TPSA) is 108 Å². The molecule has 2 N–H and O–H groups in total. The number of fused-ring (bicyclic) bond motifs is 1. The number of piperazine rings is 1. The van der Waals surface area contributed by atoms with Crippen molar-refractivity contribution >= 4 is 60.6 Å². The second-order valence-corrected chi connectivity index (χ2v) is 11.9. The number of rotatable bonds is 7. The molecule has 196 valence electrons.